The molecule has 0 aromatic heterocycles. The van der Waals surface area contributed by atoms with Gasteiger partial charge in [-0.25, -0.2) is 0 Å². The number of phenolic OH excluding ortho intramolecular Hbond substituents is 1. The van der Waals surface area contributed by atoms with Gasteiger partial charge in [0.25, 0.3) is 5.91 Å². The van der Waals surface area contributed by atoms with Crippen molar-refractivity contribution in [2.45, 2.75) is 18.9 Å². The number of piperidine rings is 1. The zero-order chi connectivity index (χ0) is 14.0. The summed E-state index contributed by atoms with van der Waals surface area (Å²) >= 11 is 0. The van der Waals surface area contributed by atoms with Crippen LogP contribution >= 0.6 is 0 Å². The van der Waals surface area contributed by atoms with E-state index in [0.29, 0.717) is 0 Å². The fourth-order valence-corrected chi connectivity index (χ4v) is 2.55. The van der Waals surface area contributed by atoms with Crippen molar-refractivity contribution < 1.29 is 9.90 Å². The van der Waals surface area contributed by atoms with Crippen LogP contribution in [0.4, 0.5) is 5.69 Å². The molecule has 1 saturated heterocycles. The molecule has 1 atom stereocenters. The van der Waals surface area contributed by atoms with E-state index in [-0.39, 0.29) is 28.9 Å². The van der Waals surface area contributed by atoms with Gasteiger partial charge in [0.2, 0.25) is 0 Å². The number of anilines is 1. The maximum Gasteiger partial charge on any atom is 0.257 e. The second-order valence-electron chi connectivity index (χ2n) is 5.22. The Morgan fingerprint density at radius 3 is 2.95 bits per heavy atom. The van der Waals surface area contributed by atoms with E-state index in [4.69, 9.17) is 5.73 Å². The number of benzene rings is 1. The molecule has 1 aromatic rings. The molecular formula is C14H21N3O2. The number of phenols is 1. The second kappa shape index (κ2) is 5.48. The van der Waals surface area contributed by atoms with Crippen LogP contribution in [0.3, 0.4) is 0 Å². The van der Waals surface area contributed by atoms with Crippen molar-refractivity contribution >= 4 is 11.6 Å². The number of hydrogen-bond acceptors (Lipinski definition) is 4. The van der Waals surface area contributed by atoms with Crippen molar-refractivity contribution in [1.29, 1.82) is 0 Å². The van der Waals surface area contributed by atoms with Crippen LogP contribution in [0.1, 0.15) is 23.2 Å². The van der Waals surface area contributed by atoms with Crippen LogP contribution < -0.4 is 5.73 Å². The maximum atomic E-state index is 12.4. The summed E-state index contributed by atoms with van der Waals surface area (Å²) in [6.45, 7) is 1.94. The molecule has 1 aliphatic rings. The number of carbonyl (C=O) groups excluding carboxylic acids is 1. The van der Waals surface area contributed by atoms with E-state index in [1.165, 1.54) is 0 Å². The minimum absolute atomic E-state index is 0.122. The van der Waals surface area contributed by atoms with E-state index >= 15 is 0 Å². The van der Waals surface area contributed by atoms with Gasteiger partial charge in [-0.1, -0.05) is 6.07 Å². The van der Waals surface area contributed by atoms with E-state index in [2.05, 4.69) is 11.9 Å². The van der Waals surface area contributed by atoms with Crippen molar-refractivity contribution in [3.63, 3.8) is 0 Å². The quantitative estimate of drug-likeness (QED) is 0.620. The number of amides is 1. The molecule has 104 valence electrons. The Labute approximate surface area is 113 Å². The number of likely N-dealkylation sites (N-methyl/N-ethyl adjacent to an activating group) is 2. The lowest BCUT2D eigenvalue weighted by atomic mass is 10.0. The van der Waals surface area contributed by atoms with Gasteiger partial charge in [-0.05, 0) is 38.6 Å². The molecule has 5 heteroatoms. The van der Waals surface area contributed by atoms with Crippen LogP contribution in [-0.2, 0) is 0 Å². The normalized spacial score (nSPS) is 20.2. The second-order valence-corrected chi connectivity index (χ2v) is 5.22. The summed E-state index contributed by atoms with van der Waals surface area (Å²) in [5.41, 5.74) is 6.14. The fourth-order valence-electron chi connectivity index (χ4n) is 2.55. The van der Waals surface area contributed by atoms with E-state index in [1.807, 2.05) is 0 Å². The molecule has 0 bridgehead atoms. The molecule has 1 amide bonds. The largest absolute Gasteiger partial charge is 0.505 e. The Morgan fingerprint density at radius 1 is 1.53 bits per heavy atom. The topological polar surface area (TPSA) is 69.8 Å². The van der Waals surface area contributed by atoms with Crippen molar-refractivity contribution in [1.82, 2.24) is 9.80 Å². The van der Waals surface area contributed by atoms with Crippen LogP contribution in [0.5, 0.6) is 5.75 Å². The number of para-hydroxylation sites is 1. The monoisotopic (exact) mass is 263 g/mol. The number of nitrogens with two attached hydrogens (primary N) is 1. The Morgan fingerprint density at radius 2 is 2.26 bits per heavy atom. The number of carbonyl (C=O) groups is 1. The summed E-state index contributed by atoms with van der Waals surface area (Å²) in [7, 11) is 3.84. The van der Waals surface area contributed by atoms with Crippen LogP contribution in [0.25, 0.3) is 0 Å². The fraction of sp³-hybridized carbons (Fsp3) is 0.500. The first kappa shape index (κ1) is 13.7. The van der Waals surface area contributed by atoms with Gasteiger partial charge >= 0.3 is 0 Å². The first-order valence-electron chi connectivity index (χ1n) is 6.54. The van der Waals surface area contributed by atoms with Gasteiger partial charge in [0.05, 0.1) is 11.3 Å². The third-order valence-electron chi connectivity index (χ3n) is 3.77. The van der Waals surface area contributed by atoms with Crippen molar-refractivity contribution in [2.24, 2.45) is 0 Å². The molecule has 19 heavy (non-hydrogen) atoms. The van der Waals surface area contributed by atoms with Gasteiger partial charge in [-0.2, -0.15) is 0 Å². The smallest absolute Gasteiger partial charge is 0.257 e. The summed E-state index contributed by atoms with van der Waals surface area (Å²) in [5, 5.41) is 9.88. The van der Waals surface area contributed by atoms with Crippen molar-refractivity contribution in [3.05, 3.63) is 23.8 Å². The molecule has 1 aliphatic heterocycles. The summed E-state index contributed by atoms with van der Waals surface area (Å²) in [6, 6.07) is 5.06. The predicted octanol–water partition coefficient (Wildman–Crippen LogP) is 1.14. The van der Waals surface area contributed by atoms with Crippen LogP contribution in [-0.4, -0.2) is 54.0 Å². The number of nitrogens with zero attached hydrogens (tertiary/aromatic N) is 2. The first-order chi connectivity index (χ1) is 9.00. The van der Waals surface area contributed by atoms with Gasteiger partial charge in [0.15, 0.2) is 5.75 Å². The molecule has 1 unspecified atom stereocenters. The number of aromatic hydroxyl groups is 1. The zero-order valence-corrected chi connectivity index (χ0v) is 11.5. The lowest BCUT2D eigenvalue weighted by molar-refractivity contribution is 0.0641. The Bertz CT molecular complexity index is 476. The molecule has 2 rings (SSSR count). The number of rotatable bonds is 2. The van der Waals surface area contributed by atoms with E-state index in [1.54, 1.807) is 30.1 Å². The highest BCUT2D eigenvalue weighted by atomic mass is 16.3. The van der Waals surface area contributed by atoms with Crippen molar-refractivity contribution in [2.75, 3.05) is 32.9 Å². The minimum Gasteiger partial charge on any atom is -0.505 e. The molecule has 0 spiro atoms. The van der Waals surface area contributed by atoms with Gasteiger partial charge < -0.3 is 20.6 Å². The first-order valence-corrected chi connectivity index (χ1v) is 6.54. The van der Waals surface area contributed by atoms with Crippen LogP contribution in [0, 0.1) is 0 Å². The van der Waals surface area contributed by atoms with Crippen molar-refractivity contribution in [3.8, 4) is 5.75 Å². The van der Waals surface area contributed by atoms with Crippen LogP contribution in [0.15, 0.2) is 18.2 Å². The molecule has 3 N–H and O–H groups in total. The van der Waals surface area contributed by atoms with Gasteiger partial charge in [-0.3, -0.25) is 4.79 Å². The number of likely N-dealkylation sites (tertiary alicyclic amines) is 1. The highest BCUT2D eigenvalue weighted by molar-refractivity contribution is 5.98. The number of nitrogen functional groups attached to an aromatic ring is 1. The molecule has 0 aliphatic carbocycles. The maximum absolute atomic E-state index is 12.4. The number of hydrogen-bond donors (Lipinski definition) is 2. The average molecular weight is 263 g/mol. The lowest BCUT2D eigenvalue weighted by Crippen LogP contribution is -2.47. The molecule has 0 saturated carbocycles. The lowest BCUT2D eigenvalue weighted by Gasteiger charge is -2.36. The average Bonchev–Trinajstić information content (AvgIpc) is 2.40. The summed E-state index contributed by atoms with van der Waals surface area (Å²) < 4.78 is 0. The molecule has 1 fully saturated rings. The highest BCUT2D eigenvalue weighted by Crippen LogP contribution is 2.26. The third-order valence-corrected chi connectivity index (χ3v) is 3.77. The van der Waals surface area contributed by atoms with Gasteiger partial charge in [0, 0.05) is 19.6 Å². The Hall–Kier alpha value is -1.75. The molecule has 5 nitrogen and oxygen atoms in total. The van der Waals surface area contributed by atoms with Crippen LogP contribution in [0.2, 0.25) is 0 Å². The van der Waals surface area contributed by atoms with E-state index in [9.17, 15) is 9.90 Å². The third kappa shape index (κ3) is 2.81. The SMILES string of the molecule is CN1CCCC(N(C)C(=O)c2cccc(N)c2O)C1. The molecule has 1 heterocycles. The molecule has 0 radical (unpaired) electrons. The van der Waals surface area contributed by atoms with Gasteiger partial charge in [-0.15, -0.1) is 0 Å². The Balaban J connectivity index is 2.16. The zero-order valence-electron chi connectivity index (χ0n) is 11.5. The Kier molecular flexibility index (Phi) is 3.95. The molecular weight excluding hydrogens is 242 g/mol. The summed E-state index contributed by atoms with van der Waals surface area (Å²) in [5.74, 6) is -0.298. The minimum atomic E-state index is -0.176. The molecule has 1 aromatic carbocycles. The standard InChI is InChI=1S/C14H21N3O2/c1-16-8-4-5-10(9-16)17(2)14(19)11-6-3-7-12(15)13(11)18/h3,6-7,10,18H,4-5,8-9,15H2,1-2H3. The van der Waals surface area contributed by atoms with E-state index < -0.39 is 0 Å². The predicted molar refractivity (Wildman–Crippen MR) is 75.1 cm³/mol. The summed E-state index contributed by atoms with van der Waals surface area (Å²) in [6.07, 6.45) is 2.08. The van der Waals surface area contributed by atoms with Gasteiger partial charge in [0.1, 0.15) is 0 Å². The highest BCUT2D eigenvalue weighted by Gasteiger charge is 2.26. The van der Waals surface area contributed by atoms with E-state index in [0.717, 1.165) is 25.9 Å². The summed E-state index contributed by atoms with van der Waals surface area (Å²) in [4.78, 5) is 16.3.